The van der Waals surface area contributed by atoms with E-state index in [-0.39, 0.29) is 5.91 Å². The summed E-state index contributed by atoms with van der Waals surface area (Å²) >= 11 is 0. The number of amides is 1. The third-order valence-electron chi connectivity index (χ3n) is 4.64. The lowest BCUT2D eigenvalue weighted by Gasteiger charge is -2.26. The van der Waals surface area contributed by atoms with Crippen LogP contribution >= 0.6 is 0 Å². The fraction of sp³-hybridized carbons (Fsp3) is 0.238. The summed E-state index contributed by atoms with van der Waals surface area (Å²) in [6.07, 6.45) is 3.06. The van der Waals surface area contributed by atoms with Crippen molar-refractivity contribution in [3.63, 3.8) is 0 Å². The first-order valence-corrected chi connectivity index (χ1v) is 8.62. The van der Waals surface area contributed by atoms with Crippen molar-refractivity contribution in [2.45, 2.75) is 18.8 Å². The summed E-state index contributed by atoms with van der Waals surface area (Å²) in [6, 6.07) is 18.0. The first-order valence-electron chi connectivity index (χ1n) is 8.62. The van der Waals surface area contributed by atoms with Gasteiger partial charge < -0.3 is 10.1 Å². The molecule has 0 saturated heterocycles. The van der Waals surface area contributed by atoms with Crippen molar-refractivity contribution >= 4 is 16.8 Å². The zero-order valence-electron chi connectivity index (χ0n) is 13.9. The van der Waals surface area contributed by atoms with Crippen molar-refractivity contribution < 1.29 is 9.53 Å². The lowest BCUT2D eigenvalue weighted by Crippen LogP contribution is -2.31. The number of carbonyl (C=O) groups excluding carboxylic acids is 1. The molecule has 4 nitrogen and oxygen atoms in total. The van der Waals surface area contributed by atoms with Gasteiger partial charge in [0.25, 0.3) is 0 Å². The van der Waals surface area contributed by atoms with Crippen molar-refractivity contribution in [2.75, 3.05) is 13.2 Å². The van der Waals surface area contributed by atoms with E-state index in [4.69, 9.17) is 4.74 Å². The maximum absolute atomic E-state index is 12.3. The number of fused-ring (bicyclic) bond motifs is 2. The number of rotatable bonds is 4. The van der Waals surface area contributed by atoms with E-state index < -0.39 is 0 Å². The molecular weight excluding hydrogens is 312 g/mol. The van der Waals surface area contributed by atoms with Crippen LogP contribution in [0.1, 0.15) is 23.5 Å². The molecule has 25 heavy (non-hydrogen) atoms. The molecule has 1 amide bonds. The van der Waals surface area contributed by atoms with Crippen LogP contribution in [-0.4, -0.2) is 24.0 Å². The molecule has 0 unspecified atom stereocenters. The van der Waals surface area contributed by atoms with Gasteiger partial charge in [0.1, 0.15) is 5.75 Å². The standard InChI is InChI=1S/C21H20N2O2/c24-21(12-15-11-16-5-1-3-7-19(16)22-13-15)23-14-17-9-10-25-20-8-4-2-6-18(17)20/h1-8,11,13,17H,9-10,12,14H2,(H,23,24)/t17-/m1/s1. The van der Waals surface area contributed by atoms with Gasteiger partial charge in [-0.1, -0.05) is 36.4 Å². The Labute approximate surface area is 146 Å². The number of para-hydroxylation sites is 2. The van der Waals surface area contributed by atoms with Crippen LogP contribution in [0.4, 0.5) is 0 Å². The van der Waals surface area contributed by atoms with Crippen molar-refractivity contribution in [1.29, 1.82) is 0 Å². The van der Waals surface area contributed by atoms with E-state index in [1.165, 1.54) is 5.56 Å². The van der Waals surface area contributed by atoms with Crippen molar-refractivity contribution in [2.24, 2.45) is 0 Å². The number of nitrogens with zero attached hydrogens (tertiary/aromatic N) is 1. The van der Waals surface area contributed by atoms with Gasteiger partial charge in [0, 0.05) is 24.0 Å². The Balaban J connectivity index is 1.39. The second-order valence-electron chi connectivity index (χ2n) is 6.39. The molecule has 1 aliphatic rings. The van der Waals surface area contributed by atoms with Gasteiger partial charge in [0.05, 0.1) is 18.5 Å². The van der Waals surface area contributed by atoms with Crippen LogP contribution in [0.5, 0.6) is 5.75 Å². The van der Waals surface area contributed by atoms with E-state index in [1.807, 2.05) is 48.5 Å². The third-order valence-corrected chi connectivity index (χ3v) is 4.64. The first-order chi connectivity index (χ1) is 12.3. The minimum Gasteiger partial charge on any atom is -0.493 e. The quantitative estimate of drug-likeness (QED) is 0.796. The summed E-state index contributed by atoms with van der Waals surface area (Å²) < 4.78 is 5.68. The highest BCUT2D eigenvalue weighted by molar-refractivity contribution is 5.82. The van der Waals surface area contributed by atoms with Gasteiger partial charge in [-0.25, -0.2) is 0 Å². The predicted molar refractivity (Wildman–Crippen MR) is 97.8 cm³/mol. The van der Waals surface area contributed by atoms with E-state index in [1.54, 1.807) is 6.20 Å². The number of ether oxygens (including phenoxy) is 1. The molecule has 2 aromatic carbocycles. The van der Waals surface area contributed by atoms with Gasteiger partial charge in [-0.3, -0.25) is 9.78 Å². The second-order valence-corrected chi connectivity index (χ2v) is 6.39. The molecular formula is C21H20N2O2. The van der Waals surface area contributed by atoms with Crippen LogP contribution in [0.2, 0.25) is 0 Å². The van der Waals surface area contributed by atoms with Crippen LogP contribution < -0.4 is 10.1 Å². The second kappa shape index (κ2) is 6.93. The molecule has 2 heterocycles. The van der Waals surface area contributed by atoms with Gasteiger partial charge in [0.2, 0.25) is 5.91 Å². The maximum atomic E-state index is 12.3. The fourth-order valence-corrected chi connectivity index (χ4v) is 3.33. The van der Waals surface area contributed by atoms with Gasteiger partial charge in [0.15, 0.2) is 0 Å². The first kappa shape index (κ1) is 15.6. The Morgan fingerprint density at radius 1 is 1.16 bits per heavy atom. The third kappa shape index (κ3) is 3.48. The van der Waals surface area contributed by atoms with E-state index in [0.717, 1.165) is 28.6 Å². The number of benzene rings is 2. The van der Waals surface area contributed by atoms with Gasteiger partial charge in [-0.15, -0.1) is 0 Å². The molecule has 0 saturated carbocycles. The predicted octanol–water partition coefficient (Wildman–Crippen LogP) is 3.46. The van der Waals surface area contributed by atoms with E-state index >= 15 is 0 Å². The summed E-state index contributed by atoms with van der Waals surface area (Å²) in [5, 5.41) is 4.13. The average molecular weight is 332 g/mol. The van der Waals surface area contributed by atoms with Crippen LogP contribution in [0.25, 0.3) is 10.9 Å². The topological polar surface area (TPSA) is 51.2 Å². The zero-order chi connectivity index (χ0) is 17.1. The summed E-state index contributed by atoms with van der Waals surface area (Å²) in [7, 11) is 0. The number of nitrogens with one attached hydrogen (secondary N) is 1. The largest absolute Gasteiger partial charge is 0.493 e. The molecule has 1 atom stereocenters. The fourth-order valence-electron chi connectivity index (χ4n) is 3.33. The van der Waals surface area contributed by atoms with Crippen LogP contribution in [-0.2, 0) is 11.2 Å². The number of aromatic nitrogens is 1. The Bertz CT molecular complexity index is 907. The van der Waals surface area contributed by atoms with Gasteiger partial charge in [-0.2, -0.15) is 0 Å². The van der Waals surface area contributed by atoms with Crippen molar-refractivity contribution in [3.05, 3.63) is 71.9 Å². The van der Waals surface area contributed by atoms with Crippen molar-refractivity contribution in [3.8, 4) is 5.75 Å². The molecule has 0 spiro atoms. The number of hydrogen-bond donors (Lipinski definition) is 1. The molecule has 1 aliphatic heterocycles. The summed E-state index contributed by atoms with van der Waals surface area (Å²) in [4.78, 5) is 16.8. The smallest absolute Gasteiger partial charge is 0.224 e. The van der Waals surface area contributed by atoms with Crippen LogP contribution in [0.15, 0.2) is 60.8 Å². The lowest BCUT2D eigenvalue weighted by molar-refractivity contribution is -0.120. The summed E-state index contributed by atoms with van der Waals surface area (Å²) in [5.74, 6) is 1.27. The molecule has 4 rings (SSSR count). The molecule has 0 bridgehead atoms. The molecule has 126 valence electrons. The molecule has 1 N–H and O–H groups in total. The maximum Gasteiger partial charge on any atom is 0.224 e. The van der Waals surface area contributed by atoms with E-state index in [9.17, 15) is 4.79 Å². The molecule has 1 aromatic heterocycles. The number of carbonyl (C=O) groups is 1. The normalized spacial score (nSPS) is 16.1. The lowest BCUT2D eigenvalue weighted by atomic mass is 9.93. The monoisotopic (exact) mass is 332 g/mol. The molecule has 4 heteroatoms. The van der Waals surface area contributed by atoms with E-state index in [2.05, 4.69) is 16.4 Å². The Hall–Kier alpha value is -2.88. The SMILES string of the molecule is O=C(Cc1cnc2ccccc2c1)NC[C@H]1CCOc2ccccc21. The highest BCUT2D eigenvalue weighted by Crippen LogP contribution is 2.32. The van der Waals surface area contributed by atoms with Gasteiger partial charge in [-0.05, 0) is 35.7 Å². The zero-order valence-corrected chi connectivity index (χ0v) is 13.9. The van der Waals surface area contributed by atoms with Gasteiger partial charge >= 0.3 is 0 Å². The number of pyridine rings is 1. The summed E-state index contributed by atoms with van der Waals surface area (Å²) in [6.45, 7) is 1.34. The molecule has 0 aliphatic carbocycles. The highest BCUT2D eigenvalue weighted by Gasteiger charge is 2.21. The van der Waals surface area contributed by atoms with Crippen molar-refractivity contribution in [1.82, 2.24) is 10.3 Å². The Morgan fingerprint density at radius 3 is 2.96 bits per heavy atom. The van der Waals surface area contributed by atoms with Crippen LogP contribution in [0.3, 0.4) is 0 Å². The molecule has 0 radical (unpaired) electrons. The average Bonchev–Trinajstić information content (AvgIpc) is 2.66. The summed E-state index contributed by atoms with van der Waals surface area (Å²) in [5.41, 5.74) is 3.07. The molecule has 3 aromatic rings. The highest BCUT2D eigenvalue weighted by atomic mass is 16.5. The number of hydrogen-bond acceptors (Lipinski definition) is 3. The van der Waals surface area contributed by atoms with E-state index in [0.29, 0.717) is 25.5 Å². The minimum absolute atomic E-state index is 0.0288. The Morgan fingerprint density at radius 2 is 2.00 bits per heavy atom. The minimum atomic E-state index is 0.0288. The van der Waals surface area contributed by atoms with Crippen LogP contribution in [0, 0.1) is 0 Å². The Kier molecular flexibility index (Phi) is 4.34. The molecule has 0 fully saturated rings.